The van der Waals surface area contributed by atoms with Gasteiger partial charge in [0.25, 0.3) is 0 Å². The van der Waals surface area contributed by atoms with E-state index < -0.39 is 17.5 Å². The maximum Gasteiger partial charge on any atom is 0.336 e. The molecule has 0 aliphatic rings. The molecule has 88 valence electrons. The first-order chi connectivity index (χ1) is 7.65. The molecule has 0 fully saturated rings. The standard InChI is InChI=1S/C12H15ClO3/c1-2-16-12(15)11(14)10(13)8-9-6-4-3-5-7-9/h3-7,10-11,14H,2,8H2,1H3/t10-,11+/m0/s1. The van der Waals surface area contributed by atoms with Crippen LogP contribution >= 0.6 is 11.6 Å². The van der Waals surface area contributed by atoms with Crippen LogP contribution in [0.1, 0.15) is 12.5 Å². The molecule has 1 aromatic carbocycles. The van der Waals surface area contributed by atoms with Crippen molar-refractivity contribution in [3.8, 4) is 0 Å². The molecule has 1 aromatic rings. The summed E-state index contributed by atoms with van der Waals surface area (Å²) >= 11 is 5.95. The maximum absolute atomic E-state index is 11.2. The molecule has 0 saturated carbocycles. The lowest BCUT2D eigenvalue weighted by Gasteiger charge is -2.15. The van der Waals surface area contributed by atoms with Crippen LogP contribution in [0.25, 0.3) is 0 Å². The van der Waals surface area contributed by atoms with Gasteiger partial charge in [-0.15, -0.1) is 11.6 Å². The summed E-state index contributed by atoms with van der Waals surface area (Å²) in [5.74, 6) is -0.668. The lowest BCUT2D eigenvalue weighted by atomic mass is 10.1. The van der Waals surface area contributed by atoms with E-state index in [0.717, 1.165) is 5.56 Å². The molecule has 16 heavy (non-hydrogen) atoms. The van der Waals surface area contributed by atoms with Gasteiger partial charge in [0.15, 0.2) is 6.10 Å². The number of esters is 1. The molecular formula is C12H15ClO3. The Morgan fingerprint density at radius 3 is 2.62 bits per heavy atom. The Bertz CT molecular complexity index is 326. The zero-order valence-electron chi connectivity index (χ0n) is 9.10. The van der Waals surface area contributed by atoms with Gasteiger partial charge in [0.05, 0.1) is 12.0 Å². The highest BCUT2D eigenvalue weighted by Gasteiger charge is 2.25. The number of benzene rings is 1. The van der Waals surface area contributed by atoms with Gasteiger partial charge in [-0.3, -0.25) is 0 Å². The van der Waals surface area contributed by atoms with Crippen molar-refractivity contribution in [2.24, 2.45) is 0 Å². The van der Waals surface area contributed by atoms with Crippen molar-refractivity contribution in [2.45, 2.75) is 24.8 Å². The van der Waals surface area contributed by atoms with Crippen molar-refractivity contribution in [3.63, 3.8) is 0 Å². The Morgan fingerprint density at radius 1 is 1.44 bits per heavy atom. The second-order valence-electron chi connectivity index (χ2n) is 3.40. The second kappa shape index (κ2) is 6.51. The highest BCUT2D eigenvalue weighted by atomic mass is 35.5. The summed E-state index contributed by atoms with van der Waals surface area (Å²) in [7, 11) is 0. The molecule has 0 radical (unpaired) electrons. The Kier molecular flexibility index (Phi) is 5.29. The van der Waals surface area contributed by atoms with Crippen LogP contribution in [-0.4, -0.2) is 29.2 Å². The third kappa shape index (κ3) is 3.83. The molecule has 0 spiro atoms. The summed E-state index contributed by atoms with van der Waals surface area (Å²) in [6.45, 7) is 1.93. The van der Waals surface area contributed by atoms with E-state index in [-0.39, 0.29) is 6.61 Å². The zero-order chi connectivity index (χ0) is 12.0. The number of rotatable bonds is 5. The van der Waals surface area contributed by atoms with E-state index in [1.807, 2.05) is 30.3 Å². The Labute approximate surface area is 100.0 Å². The van der Waals surface area contributed by atoms with E-state index in [1.54, 1.807) is 6.92 Å². The smallest absolute Gasteiger partial charge is 0.336 e. The average molecular weight is 243 g/mol. The van der Waals surface area contributed by atoms with Gasteiger partial charge in [-0.1, -0.05) is 30.3 Å². The van der Waals surface area contributed by atoms with Gasteiger partial charge in [0.1, 0.15) is 0 Å². The van der Waals surface area contributed by atoms with Crippen LogP contribution in [0.3, 0.4) is 0 Å². The van der Waals surface area contributed by atoms with E-state index in [9.17, 15) is 9.90 Å². The van der Waals surface area contributed by atoms with E-state index in [1.165, 1.54) is 0 Å². The molecule has 4 heteroatoms. The van der Waals surface area contributed by atoms with Crippen molar-refractivity contribution in [3.05, 3.63) is 35.9 Å². The van der Waals surface area contributed by atoms with Crippen LogP contribution in [0.15, 0.2) is 30.3 Å². The molecule has 0 aliphatic heterocycles. The SMILES string of the molecule is CCOC(=O)[C@H](O)[C@@H](Cl)Cc1ccccc1. The molecular weight excluding hydrogens is 228 g/mol. The zero-order valence-corrected chi connectivity index (χ0v) is 9.85. The fraction of sp³-hybridized carbons (Fsp3) is 0.417. The van der Waals surface area contributed by atoms with Crippen LogP contribution in [-0.2, 0) is 16.0 Å². The number of aliphatic hydroxyl groups is 1. The Morgan fingerprint density at radius 2 is 2.06 bits per heavy atom. The van der Waals surface area contributed by atoms with Gasteiger partial charge in [0.2, 0.25) is 0 Å². The molecule has 0 heterocycles. The summed E-state index contributed by atoms with van der Waals surface area (Å²) in [5, 5.41) is 8.91. The van der Waals surface area contributed by atoms with Crippen LogP contribution in [0.4, 0.5) is 0 Å². The van der Waals surface area contributed by atoms with Gasteiger partial charge in [0, 0.05) is 0 Å². The van der Waals surface area contributed by atoms with E-state index in [2.05, 4.69) is 4.74 Å². The minimum absolute atomic E-state index is 0.241. The van der Waals surface area contributed by atoms with Crippen molar-refractivity contribution in [1.82, 2.24) is 0 Å². The molecule has 0 unspecified atom stereocenters. The second-order valence-corrected chi connectivity index (χ2v) is 3.96. The molecule has 2 atom stereocenters. The number of halogens is 1. The lowest BCUT2D eigenvalue weighted by molar-refractivity contribution is -0.153. The van der Waals surface area contributed by atoms with Gasteiger partial charge in [-0.05, 0) is 18.9 Å². The quantitative estimate of drug-likeness (QED) is 0.632. The predicted molar refractivity (Wildman–Crippen MR) is 62.4 cm³/mol. The molecule has 0 amide bonds. The third-order valence-electron chi connectivity index (χ3n) is 2.14. The van der Waals surface area contributed by atoms with E-state index in [4.69, 9.17) is 11.6 Å². The first kappa shape index (κ1) is 13.0. The number of aliphatic hydroxyl groups excluding tert-OH is 1. The van der Waals surface area contributed by atoms with Crippen LogP contribution in [0, 0.1) is 0 Å². The fourth-order valence-electron chi connectivity index (χ4n) is 1.33. The van der Waals surface area contributed by atoms with Gasteiger partial charge in [-0.25, -0.2) is 4.79 Å². The first-order valence-corrected chi connectivity index (χ1v) is 5.61. The number of alkyl halides is 1. The van der Waals surface area contributed by atoms with Crippen LogP contribution in [0.5, 0.6) is 0 Å². The summed E-state index contributed by atoms with van der Waals surface area (Å²) in [6.07, 6.45) is -0.843. The minimum atomic E-state index is -1.28. The molecule has 3 nitrogen and oxygen atoms in total. The summed E-state index contributed by atoms with van der Waals surface area (Å²) < 4.78 is 4.69. The fourth-order valence-corrected chi connectivity index (χ4v) is 1.61. The third-order valence-corrected chi connectivity index (χ3v) is 2.54. The number of hydrogen-bond acceptors (Lipinski definition) is 3. The van der Waals surface area contributed by atoms with Gasteiger partial charge in [-0.2, -0.15) is 0 Å². The molecule has 1 N–H and O–H groups in total. The van der Waals surface area contributed by atoms with Crippen molar-refractivity contribution in [1.29, 1.82) is 0 Å². The number of carbonyl (C=O) groups is 1. The van der Waals surface area contributed by atoms with Crippen molar-refractivity contribution < 1.29 is 14.6 Å². The molecule has 0 aromatic heterocycles. The molecule has 0 aliphatic carbocycles. The predicted octanol–water partition coefficient (Wildman–Crippen LogP) is 1.76. The Hall–Kier alpha value is -1.06. The normalized spacial score (nSPS) is 14.2. The molecule has 0 bridgehead atoms. The topological polar surface area (TPSA) is 46.5 Å². The first-order valence-electron chi connectivity index (χ1n) is 5.17. The number of ether oxygens (including phenoxy) is 1. The van der Waals surface area contributed by atoms with Crippen molar-refractivity contribution in [2.75, 3.05) is 6.61 Å². The highest BCUT2D eigenvalue weighted by molar-refractivity contribution is 6.22. The average Bonchev–Trinajstić information content (AvgIpc) is 2.29. The van der Waals surface area contributed by atoms with E-state index in [0.29, 0.717) is 6.42 Å². The number of hydrogen-bond donors (Lipinski definition) is 1. The summed E-state index contributed by atoms with van der Waals surface area (Å²) in [4.78, 5) is 11.2. The summed E-state index contributed by atoms with van der Waals surface area (Å²) in [5.41, 5.74) is 0.978. The summed E-state index contributed by atoms with van der Waals surface area (Å²) in [6, 6.07) is 9.46. The largest absolute Gasteiger partial charge is 0.464 e. The van der Waals surface area contributed by atoms with E-state index >= 15 is 0 Å². The minimum Gasteiger partial charge on any atom is -0.464 e. The van der Waals surface area contributed by atoms with Gasteiger partial charge >= 0.3 is 5.97 Å². The van der Waals surface area contributed by atoms with Crippen molar-refractivity contribution >= 4 is 17.6 Å². The van der Waals surface area contributed by atoms with Gasteiger partial charge < -0.3 is 9.84 Å². The van der Waals surface area contributed by atoms with Crippen LogP contribution in [0.2, 0.25) is 0 Å². The lowest BCUT2D eigenvalue weighted by Crippen LogP contribution is -2.33. The highest BCUT2D eigenvalue weighted by Crippen LogP contribution is 2.12. The number of carbonyl (C=O) groups excluding carboxylic acids is 1. The monoisotopic (exact) mass is 242 g/mol. The Balaban J connectivity index is 2.52. The van der Waals surface area contributed by atoms with Crippen LogP contribution < -0.4 is 0 Å². The molecule has 1 rings (SSSR count). The molecule has 0 saturated heterocycles. The maximum atomic E-state index is 11.2.